The van der Waals surface area contributed by atoms with E-state index in [1.165, 1.54) is 13.0 Å². The third-order valence-corrected chi connectivity index (χ3v) is 2.97. The summed E-state index contributed by atoms with van der Waals surface area (Å²) in [6.07, 6.45) is -0.388. The number of alkyl halides is 2. The number of nitrogens with one attached hydrogen (secondary N) is 1. The Morgan fingerprint density at radius 3 is 2.35 bits per heavy atom. The molecule has 0 aliphatic rings. The zero-order chi connectivity index (χ0) is 17.8. The number of amides is 1. The number of rotatable bonds is 5. The highest BCUT2D eigenvalue weighted by atomic mass is 19.3. The van der Waals surface area contributed by atoms with Crippen molar-refractivity contribution in [2.24, 2.45) is 0 Å². The van der Waals surface area contributed by atoms with Gasteiger partial charge in [-0.25, -0.2) is 4.79 Å². The summed E-state index contributed by atoms with van der Waals surface area (Å²) in [5.41, 5.74) is -1.79. The number of alkyl carbamates (subject to hydrolysis) is 1. The summed E-state index contributed by atoms with van der Waals surface area (Å²) < 4.78 is 34.9. The fourth-order valence-electron chi connectivity index (χ4n) is 1.98. The van der Waals surface area contributed by atoms with Crippen LogP contribution in [-0.2, 0) is 15.1 Å². The van der Waals surface area contributed by atoms with Crippen molar-refractivity contribution in [3.05, 3.63) is 29.3 Å². The van der Waals surface area contributed by atoms with Gasteiger partial charge in [0.1, 0.15) is 23.2 Å². The van der Waals surface area contributed by atoms with Crippen molar-refractivity contribution >= 4 is 12.4 Å². The number of halogens is 2. The molecule has 1 rings (SSSR count). The number of para-hydroxylation sites is 1. The first-order valence-electron chi connectivity index (χ1n) is 7.01. The average molecular weight is 329 g/mol. The van der Waals surface area contributed by atoms with E-state index in [1.54, 1.807) is 39.8 Å². The van der Waals surface area contributed by atoms with Crippen molar-refractivity contribution in [3.63, 3.8) is 0 Å². The van der Waals surface area contributed by atoms with E-state index in [9.17, 15) is 18.4 Å². The molecule has 7 heteroatoms. The fourth-order valence-corrected chi connectivity index (χ4v) is 1.98. The molecule has 0 saturated carbocycles. The van der Waals surface area contributed by atoms with Crippen molar-refractivity contribution in [2.45, 2.75) is 52.4 Å². The Labute approximate surface area is 134 Å². The van der Waals surface area contributed by atoms with Crippen LogP contribution in [0.5, 0.6) is 5.75 Å². The molecule has 0 saturated heterocycles. The third kappa shape index (κ3) is 5.19. The molecule has 0 fully saturated rings. The van der Waals surface area contributed by atoms with Gasteiger partial charge in [0.05, 0.1) is 0 Å². The first-order valence-corrected chi connectivity index (χ1v) is 7.01. The summed E-state index contributed by atoms with van der Waals surface area (Å²) in [5.74, 6) is -0.145. The lowest BCUT2D eigenvalue weighted by molar-refractivity contribution is -0.113. The topological polar surface area (TPSA) is 64.6 Å². The molecule has 128 valence electrons. The Hall–Kier alpha value is -2.18. The first kappa shape index (κ1) is 18.9. The molecule has 0 radical (unpaired) electrons. The second-order valence-electron chi connectivity index (χ2n) is 6.28. The van der Waals surface area contributed by atoms with Gasteiger partial charge in [0.25, 0.3) is 0 Å². The second-order valence-corrected chi connectivity index (χ2v) is 6.28. The Balaban J connectivity index is 3.20. The van der Waals surface area contributed by atoms with Gasteiger partial charge in [0, 0.05) is 5.56 Å². The molecule has 1 atom stereocenters. The molecule has 0 heterocycles. The summed E-state index contributed by atoms with van der Waals surface area (Å²) in [6.45, 7) is 4.91. The molecule has 1 unspecified atom stereocenters. The lowest BCUT2D eigenvalue weighted by Gasteiger charge is -2.29. The van der Waals surface area contributed by atoms with Crippen molar-refractivity contribution in [1.82, 2.24) is 5.32 Å². The lowest BCUT2D eigenvalue weighted by Crippen LogP contribution is -2.47. The van der Waals surface area contributed by atoms with Crippen LogP contribution in [0.3, 0.4) is 0 Å². The molecule has 1 N–H and O–H groups in total. The molecular weight excluding hydrogens is 308 g/mol. The van der Waals surface area contributed by atoms with Crippen molar-refractivity contribution in [2.75, 3.05) is 0 Å². The first-order chi connectivity index (χ1) is 10.5. The average Bonchev–Trinajstić information content (AvgIpc) is 2.38. The molecule has 1 aromatic rings. The van der Waals surface area contributed by atoms with Gasteiger partial charge >= 0.3 is 12.7 Å². The summed E-state index contributed by atoms with van der Waals surface area (Å²) in [6, 6.07) is 4.60. The van der Waals surface area contributed by atoms with E-state index in [0.717, 1.165) is 0 Å². The molecule has 0 bridgehead atoms. The minimum atomic E-state index is -3.05. The van der Waals surface area contributed by atoms with Crippen LogP contribution in [0.25, 0.3) is 0 Å². The number of hydrogen-bond donors (Lipinski definition) is 1. The van der Waals surface area contributed by atoms with E-state index < -0.39 is 23.8 Å². The van der Waals surface area contributed by atoms with E-state index in [4.69, 9.17) is 4.74 Å². The maximum Gasteiger partial charge on any atom is 0.408 e. The number of aldehydes is 1. The Morgan fingerprint density at radius 1 is 1.26 bits per heavy atom. The van der Waals surface area contributed by atoms with Crippen LogP contribution < -0.4 is 10.1 Å². The quantitative estimate of drug-likeness (QED) is 0.839. The number of aryl methyl sites for hydroxylation is 1. The highest BCUT2D eigenvalue weighted by Gasteiger charge is 2.34. The maximum atomic E-state index is 12.6. The van der Waals surface area contributed by atoms with Crippen molar-refractivity contribution in [1.29, 1.82) is 0 Å². The molecule has 23 heavy (non-hydrogen) atoms. The molecule has 1 aromatic carbocycles. The minimum Gasteiger partial charge on any atom is -0.444 e. The summed E-state index contributed by atoms with van der Waals surface area (Å²) >= 11 is 0. The number of benzene rings is 1. The van der Waals surface area contributed by atoms with Gasteiger partial charge in [0.15, 0.2) is 0 Å². The van der Waals surface area contributed by atoms with Crippen molar-refractivity contribution < 1.29 is 27.8 Å². The van der Waals surface area contributed by atoms with Gasteiger partial charge in [-0.15, -0.1) is 0 Å². The maximum absolute atomic E-state index is 12.6. The van der Waals surface area contributed by atoms with Crippen LogP contribution in [0, 0.1) is 6.92 Å². The number of ether oxygens (including phenoxy) is 2. The molecule has 0 aromatic heterocycles. The van der Waals surface area contributed by atoms with Crippen LogP contribution >= 0.6 is 0 Å². The van der Waals surface area contributed by atoms with Crippen molar-refractivity contribution in [3.8, 4) is 5.75 Å². The predicted octanol–water partition coefficient (Wildman–Crippen LogP) is 3.54. The molecule has 5 nitrogen and oxygen atoms in total. The Morgan fingerprint density at radius 2 is 1.87 bits per heavy atom. The number of hydrogen-bond acceptors (Lipinski definition) is 4. The van der Waals surface area contributed by atoms with E-state index in [2.05, 4.69) is 10.1 Å². The summed E-state index contributed by atoms with van der Waals surface area (Å²) in [7, 11) is 0. The van der Waals surface area contributed by atoms with Crippen LogP contribution in [0.2, 0.25) is 0 Å². The minimum absolute atomic E-state index is 0.124. The van der Waals surface area contributed by atoms with E-state index in [-0.39, 0.29) is 11.3 Å². The zero-order valence-electron chi connectivity index (χ0n) is 13.8. The number of carbonyl (C=O) groups excluding carboxylic acids is 2. The van der Waals surface area contributed by atoms with E-state index in [1.807, 2.05) is 0 Å². The fraction of sp³-hybridized carbons (Fsp3) is 0.500. The van der Waals surface area contributed by atoms with Crippen LogP contribution in [0.4, 0.5) is 13.6 Å². The second kappa shape index (κ2) is 6.93. The SMILES string of the molecule is Cc1cccc(C(C)(C=O)NC(=O)OC(C)(C)C)c1OC(F)F. The lowest BCUT2D eigenvalue weighted by atomic mass is 9.91. The predicted molar refractivity (Wildman–Crippen MR) is 80.6 cm³/mol. The normalized spacial score (nSPS) is 14.1. The summed E-state index contributed by atoms with van der Waals surface area (Å²) in [5, 5.41) is 2.40. The van der Waals surface area contributed by atoms with Gasteiger partial charge in [-0.3, -0.25) is 0 Å². The Bertz CT molecular complexity index is 584. The highest BCUT2D eigenvalue weighted by Crippen LogP contribution is 2.33. The zero-order valence-corrected chi connectivity index (χ0v) is 13.8. The van der Waals surface area contributed by atoms with Gasteiger partial charge in [-0.05, 0) is 40.2 Å². The monoisotopic (exact) mass is 329 g/mol. The van der Waals surface area contributed by atoms with Crippen LogP contribution in [0.1, 0.15) is 38.8 Å². The van der Waals surface area contributed by atoms with Gasteiger partial charge in [-0.1, -0.05) is 18.2 Å². The van der Waals surface area contributed by atoms with E-state index in [0.29, 0.717) is 11.8 Å². The van der Waals surface area contributed by atoms with Gasteiger partial charge in [-0.2, -0.15) is 8.78 Å². The molecule has 0 spiro atoms. The largest absolute Gasteiger partial charge is 0.444 e. The third-order valence-electron chi connectivity index (χ3n) is 2.97. The van der Waals surface area contributed by atoms with E-state index >= 15 is 0 Å². The van der Waals surface area contributed by atoms with Crippen LogP contribution in [0.15, 0.2) is 18.2 Å². The van der Waals surface area contributed by atoms with Gasteiger partial charge < -0.3 is 19.6 Å². The summed E-state index contributed by atoms with van der Waals surface area (Å²) in [4.78, 5) is 23.5. The van der Waals surface area contributed by atoms with Crippen LogP contribution in [-0.4, -0.2) is 24.6 Å². The molecular formula is C16H21F2NO4. The molecule has 0 aliphatic heterocycles. The Kier molecular flexibility index (Phi) is 5.69. The molecule has 0 aliphatic carbocycles. The standard InChI is InChI=1S/C16H21F2NO4/c1-10-7-6-8-11(12(10)22-13(17)18)16(5,9-20)19-14(21)23-15(2,3)4/h6-9,13H,1-5H3,(H,19,21). The highest BCUT2D eigenvalue weighted by molar-refractivity contribution is 5.79. The molecule has 1 amide bonds. The smallest absolute Gasteiger partial charge is 0.408 e. The number of carbonyl (C=O) groups is 2. The van der Waals surface area contributed by atoms with Gasteiger partial charge in [0.2, 0.25) is 0 Å².